The second kappa shape index (κ2) is 10.2. The van der Waals surface area contributed by atoms with E-state index in [1.807, 2.05) is 60.7 Å². The lowest BCUT2D eigenvalue weighted by atomic mass is 10.2. The molecule has 1 amide bonds. The number of carbonyl (C=O) groups is 1. The predicted octanol–water partition coefficient (Wildman–Crippen LogP) is 5.52. The molecule has 6 heteroatoms. The van der Waals surface area contributed by atoms with Gasteiger partial charge in [-0.15, -0.1) is 0 Å². The van der Waals surface area contributed by atoms with E-state index in [1.54, 1.807) is 12.1 Å². The molecule has 1 aliphatic rings. The fourth-order valence-corrected chi connectivity index (χ4v) is 4.33. The molecule has 31 heavy (non-hydrogen) atoms. The maximum atomic E-state index is 12.9. The van der Waals surface area contributed by atoms with Gasteiger partial charge in [0.25, 0.3) is 5.91 Å². The Morgan fingerprint density at radius 2 is 1.81 bits per heavy atom. The van der Waals surface area contributed by atoms with Gasteiger partial charge >= 0.3 is 0 Å². The third-order valence-corrected chi connectivity index (χ3v) is 6.08. The van der Waals surface area contributed by atoms with Crippen LogP contribution in [0.3, 0.4) is 0 Å². The Bertz CT molecular complexity index is 1090. The Morgan fingerprint density at radius 3 is 2.55 bits per heavy atom. The number of carbonyl (C=O) groups excluding carboxylic acids is 1. The van der Waals surface area contributed by atoms with E-state index >= 15 is 0 Å². The van der Waals surface area contributed by atoms with Crippen molar-refractivity contribution < 1.29 is 14.3 Å². The van der Waals surface area contributed by atoms with E-state index in [1.165, 1.54) is 11.8 Å². The van der Waals surface area contributed by atoms with Crippen molar-refractivity contribution in [2.75, 3.05) is 18.5 Å². The molecule has 1 aliphatic heterocycles. The number of nitriles is 1. The van der Waals surface area contributed by atoms with Gasteiger partial charge < -0.3 is 14.8 Å². The summed E-state index contributed by atoms with van der Waals surface area (Å²) in [7, 11) is 0. The molecule has 0 radical (unpaired) electrons. The summed E-state index contributed by atoms with van der Waals surface area (Å²) in [5, 5.41) is 12.3. The van der Waals surface area contributed by atoms with Gasteiger partial charge in [-0.25, -0.2) is 0 Å². The molecule has 156 valence electrons. The molecule has 0 aromatic heterocycles. The highest BCUT2D eigenvalue weighted by Gasteiger charge is 2.16. The topological polar surface area (TPSA) is 71.4 Å². The van der Waals surface area contributed by atoms with Crippen molar-refractivity contribution in [2.24, 2.45) is 0 Å². The summed E-state index contributed by atoms with van der Waals surface area (Å²) in [4.78, 5) is 14.5. The number of nitrogens with one attached hydrogen (secondary N) is 1. The quantitative estimate of drug-likeness (QED) is 0.534. The van der Waals surface area contributed by atoms with Gasteiger partial charge in [0.05, 0.1) is 17.2 Å². The average Bonchev–Trinajstić information content (AvgIpc) is 3.33. The van der Waals surface area contributed by atoms with Gasteiger partial charge in [0.2, 0.25) is 0 Å². The van der Waals surface area contributed by atoms with Gasteiger partial charge in [-0.05, 0) is 61.4 Å². The van der Waals surface area contributed by atoms with E-state index in [-0.39, 0.29) is 12.0 Å². The Labute approximate surface area is 186 Å². The van der Waals surface area contributed by atoms with Crippen LogP contribution in [0.5, 0.6) is 5.75 Å². The van der Waals surface area contributed by atoms with Crippen LogP contribution in [0.4, 0.5) is 5.69 Å². The largest absolute Gasteiger partial charge is 0.491 e. The third kappa shape index (κ3) is 5.46. The van der Waals surface area contributed by atoms with Gasteiger partial charge in [-0.2, -0.15) is 5.26 Å². The van der Waals surface area contributed by atoms with Crippen LogP contribution in [0, 0.1) is 11.3 Å². The van der Waals surface area contributed by atoms with Crippen LogP contribution in [0.25, 0.3) is 0 Å². The molecule has 4 rings (SSSR count). The Hall–Kier alpha value is -3.27. The molecule has 1 fully saturated rings. The van der Waals surface area contributed by atoms with Crippen molar-refractivity contribution in [3.05, 3.63) is 83.9 Å². The van der Waals surface area contributed by atoms with Gasteiger partial charge in [-0.3, -0.25) is 4.79 Å². The fourth-order valence-electron chi connectivity index (χ4n) is 3.31. The number of hydrogen-bond acceptors (Lipinski definition) is 5. The van der Waals surface area contributed by atoms with Crippen molar-refractivity contribution in [3.8, 4) is 11.8 Å². The molecule has 0 saturated carbocycles. The van der Waals surface area contributed by atoms with E-state index < -0.39 is 0 Å². The first-order chi connectivity index (χ1) is 15.2. The molecular weight excluding hydrogens is 408 g/mol. The average molecular weight is 431 g/mol. The number of rotatable bonds is 7. The molecule has 3 aromatic carbocycles. The molecule has 5 nitrogen and oxygen atoms in total. The van der Waals surface area contributed by atoms with Crippen LogP contribution >= 0.6 is 11.8 Å². The molecule has 3 aromatic rings. The minimum absolute atomic E-state index is 0.166. The molecule has 1 heterocycles. The van der Waals surface area contributed by atoms with Gasteiger partial charge in [0, 0.05) is 22.1 Å². The summed E-state index contributed by atoms with van der Waals surface area (Å²) in [6.45, 7) is 1.35. The fraction of sp³-hybridized carbons (Fsp3) is 0.200. The molecule has 1 atom stereocenters. The van der Waals surface area contributed by atoms with Crippen LogP contribution < -0.4 is 10.1 Å². The summed E-state index contributed by atoms with van der Waals surface area (Å²) < 4.78 is 11.3. The van der Waals surface area contributed by atoms with Gasteiger partial charge in [-0.1, -0.05) is 36.0 Å². The molecule has 1 unspecified atom stereocenters. The van der Waals surface area contributed by atoms with Crippen molar-refractivity contribution in [2.45, 2.75) is 28.7 Å². The minimum Gasteiger partial charge on any atom is -0.491 e. The maximum absolute atomic E-state index is 12.9. The minimum atomic E-state index is -0.203. The summed E-state index contributed by atoms with van der Waals surface area (Å²) in [6.07, 6.45) is 2.28. The Morgan fingerprint density at radius 1 is 1.06 bits per heavy atom. The van der Waals surface area contributed by atoms with Crippen LogP contribution in [-0.4, -0.2) is 25.2 Å². The van der Waals surface area contributed by atoms with Crippen LogP contribution in [-0.2, 0) is 4.74 Å². The smallest absolute Gasteiger partial charge is 0.256 e. The lowest BCUT2D eigenvalue weighted by Gasteiger charge is -2.13. The third-order valence-electron chi connectivity index (χ3n) is 4.93. The first-order valence-corrected chi connectivity index (χ1v) is 11.0. The molecule has 0 spiro atoms. The first kappa shape index (κ1) is 21.0. The van der Waals surface area contributed by atoms with E-state index in [2.05, 4.69) is 11.4 Å². The van der Waals surface area contributed by atoms with Gasteiger partial charge in [0.1, 0.15) is 18.4 Å². The summed E-state index contributed by atoms with van der Waals surface area (Å²) in [5.74, 6) is 0.545. The number of anilines is 1. The second-order valence-corrected chi connectivity index (χ2v) is 8.21. The molecule has 1 saturated heterocycles. The van der Waals surface area contributed by atoms with E-state index in [0.717, 1.165) is 35.0 Å². The van der Waals surface area contributed by atoms with Crippen LogP contribution in [0.2, 0.25) is 0 Å². The standard InChI is InChI=1S/C25H22N2O3S/c26-16-18-6-1-3-9-23(18)31-24-10-4-2-8-22(24)25(28)27-19-11-13-20(14-12-19)30-17-21-7-5-15-29-21/h1-4,6,8-14,21H,5,7,15,17H2,(H,27,28). The maximum Gasteiger partial charge on any atom is 0.256 e. The van der Waals surface area contributed by atoms with Crippen molar-refractivity contribution in [3.63, 3.8) is 0 Å². The predicted molar refractivity (Wildman–Crippen MR) is 121 cm³/mol. The Kier molecular flexibility index (Phi) is 6.88. The summed E-state index contributed by atoms with van der Waals surface area (Å²) in [5.41, 5.74) is 1.83. The van der Waals surface area contributed by atoms with Crippen molar-refractivity contribution in [1.82, 2.24) is 0 Å². The summed E-state index contributed by atoms with van der Waals surface area (Å²) in [6, 6.07) is 24.3. The summed E-state index contributed by atoms with van der Waals surface area (Å²) >= 11 is 1.41. The highest BCUT2D eigenvalue weighted by Crippen LogP contribution is 2.33. The second-order valence-electron chi connectivity index (χ2n) is 7.13. The van der Waals surface area contributed by atoms with Crippen molar-refractivity contribution >= 4 is 23.4 Å². The highest BCUT2D eigenvalue weighted by molar-refractivity contribution is 7.99. The monoisotopic (exact) mass is 430 g/mol. The lowest BCUT2D eigenvalue weighted by molar-refractivity contribution is 0.0679. The first-order valence-electron chi connectivity index (χ1n) is 10.1. The van der Waals surface area contributed by atoms with Crippen LogP contribution in [0.1, 0.15) is 28.8 Å². The van der Waals surface area contributed by atoms with Gasteiger partial charge in [0.15, 0.2) is 0 Å². The Balaban J connectivity index is 1.42. The van der Waals surface area contributed by atoms with Crippen molar-refractivity contribution in [1.29, 1.82) is 5.26 Å². The zero-order valence-electron chi connectivity index (χ0n) is 16.9. The number of amides is 1. The lowest BCUT2D eigenvalue weighted by Crippen LogP contribution is -2.16. The van der Waals surface area contributed by atoms with E-state index in [4.69, 9.17) is 9.47 Å². The zero-order valence-corrected chi connectivity index (χ0v) is 17.7. The number of benzene rings is 3. The zero-order chi connectivity index (χ0) is 21.5. The number of hydrogen-bond donors (Lipinski definition) is 1. The number of ether oxygens (including phenoxy) is 2. The normalized spacial score (nSPS) is 15.3. The highest BCUT2D eigenvalue weighted by atomic mass is 32.2. The van der Waals surface area contributed by atoms with E-state index in [9.17, 15) is 10.1 Å². The molecular formula is C25H22N2O3S. The molecule has 0 bridgehead atoms. The number of nitrogens with zero attached hydrogens (tertiary/aromatic N) is 1. The SMILES string of the molecule is N#Cc1ccccc1Sc1ccccc1C(=O)Nc1ccc(OCC2CCCO2)cc1. The van der Waals surface area contributed by atoms with E-state index in [0.29, 0.717) is 23.4 Å². The molecule has 1 N–H and O–H groups in total. The van der Waals surface area contributed by atoms with Crippen LogP contribution in [0.15, 0.2) is 82.6 Å². The molecule has 0 aliphatic carbocycles.